The smallest absolute Gasteiger partial charge is 0.281 e. The second-order valence-electron chi connectivity index (χ2n) is 3.74. The summed E-state index contributed by atoms with van der Waals surface area (Å²) in [5.74, 6) is 0. The molecule has 1 aromatic heterocycles. The van der Waals surface area contributed by atoms with Crippen LogP contribution in [0.15, 0.2) is 53.7 Å². The first kappa shape index (κ1) is 12.4. The molecule has 0 aliphatic carbocycles. The summed E-state index contributed by atoms with van der Waals surface area (Å²) in [6, 6.07) is 11.7. The molecular weight excluding hydrogens is 250 g/mol. The van der Waals surface area contributed by atoms with Crippen LogP contribution < -0.4 is 10.0 Å². The van der Waals surface area contributed by atoms with E-state index in [9.17, 15) is 8.42 Å². The molecule has 0 amide bonds. The van der Waals surface area contributed by atoms with Crippen molar-refractivity contribution in [1.29, 1.82) is 0 Å². The van der Waals surface area contributed by atoms with Crippen LogP contribution in [0.2, 0.25) is 0 Å². The van der Waals surface area contributed by atoms with Crippen LogP contribution in [0.3, 0.4) is 0 Å². The summed E-state index contributed by atoms with van der Waals surface area (Å²) >= 11 is 0. The molecule has 0 spiro atoms. The summed E-state index contributed by atoms with van der Waals surface area (Å²) in [6.45, 7) is 0. The van der Waals surface area contributed by atoms with Crippen molar-refractivity contribution >= 4 is 21.4 Å². The van der Waals surface area contributed by atoms with Crippen molar-refractivity contribution in [2.75, 3.05) is 17.1 Å². The number of nitrogens with zero attached hydrogens (tertiary/aromatic N) is 2. The molecule has 18 heavy (non-hydrogen) atoms. The number of para-hydroxylation sites is 1. The molecule has 0 aliphatic rings. The standard InChI is InChI=1S/C12H13N3O2S/c1-15(11-5-3-2-4-6-11)18(16,17)12-8-7-10(13)9-14-12/h2-9H,13H2,1H3. The zero-order valence-corrected chi connectivity index (χ0v) is 10.6. The zero-order valence-electron chi connectivity index (χ0n) is 9.82. The monoisotopic (exact) mass is 263 g/mol. The quantitative estimate of drug-likeness (QED) is 0.910. The van der Waals surface area contributed by atoms with Gasteiger partial charge in [-0.25, -0.2) is 4.98 Å². The van der Waals surface area contributed by atoms with Crippen LogP contribution in [0.25, 0.3) is 0 Å². The molecule has 1 heterocycles. The average molecular weight is 263 g/mol. The van der Waals surface area contributed by atoms with E-state index >= 15 is 0 Å². The summed E-state index contributed by atoms with van der Waals surface area (Å²) in [5.41, 5.74) is 6.49. The maximum Gasteiger partial charge on any atom is 0.281 e. The summed E-state index contributed by atoms with van der Waals surface area (Å²) in [6.07, 6.45) is 1.33. The fourth-order valence-corrected chi connectivity index (χ4v) is 2.57. The molecule has 0 unspecified atom stereocenters. The van der Waals surface area contributed by atoms with Crippen LogP contribution in [0.4, 0.5) is 11.4 Å². The molecule has 0 saturated heterocycles. The molecule has 0 aliphatic heterocycles. The highest BCUT2D eigenvalue weighted by atomic mass is 32.2. The van der Waals surface area contributed by atoms with E-state index in [0.717, 1.165) is 0 Å². The van der Waals surface area contributed by atoms with E-state index < -0.39 is 10.0 Å². The third-order valence-corrected chi connectivity index (χ3v) is 4.21. The van der Waals surface area contributed by atoms with Gasteiger partial charge < -0.3 is 5.73 Å². The summed E-state index contributed by atoms with van der Waals surface area (Å²) in [7, 11) is -2.15. The van der Waals surface area contributed by atoms with E-state index in [1.807, 2.05) is 6.07 Å². The van der Waals surface area contributed by atoms with E-state index in [1.165, 1.54) is 29.7 Å². The molecule has 0 bridgehead atoms. The first-order chi connectivity index (χ1) is 8.51. The number of nitrogen functional groups attached to an aromatic ring is 1. The number of hydrogen-bond acceptors (Lipinski definition) is 4. The highest BCUT2D eigenvalue weighted by molar-refractivity contribution is 7.92. The third kappa shape index (κ3) is 2.28. The molecule has 2 aromatic rings. The molecule has 2 N–H and O–H groups in total. The van der Waals surface area contributed by atoms with Crippen LogP contribution in [-0.4, -0.2) is 20.4 Å². The number of benzene rings is 1. The number of aromatic nitrogens is 1. The Labute approximate surface area is 106 Å². The Balaban J connectivity index is 2.40. The number of anilines is 2. The zero-order chi connectivity index (χ0) is 13.2. The molecule has 6 heteroatoms. The molecule has 0 fully saturated rings. The number of nitrogens with two attached hydrogens (primary N) is 1. The number of sulfonamides is 1. The molecule has 1 aromatic carbocycles. The van der Waals surface area contributed by atoms with Crippen LogP contribution in [0.1, 0.15) is 0 Å². The Morgan fingerprint density at radius 2 is 1.78 bits per heavy atom. The van der Waals surface area contributed by atoms with Gasteiger partial charge in [0.15, 0.2) is 5.03 Å². The Bertz CT molecular complexity index is 624. The van der Waals surface area contributed by atoms with Crippen molar-refractivity contribution in [3.63, 3.8) is 0 Å². The fraction of sp³-hybridized carbons (Fsp3) is 0.0833. The van der Waals surface area contributed by atoms with E-state index in [0.29, 0.717) is 11.4 Å². The molecule has 94 valence electrons. The average Bonchev–Trinajstić information content (AvgIpc) is 2.39. The number of pyridine rings is 1. The van der Waals surface area contributed by atoms with Gasteiger partial charge in [0.25, 0.3) is 10.0 Å². The minimum atomic E-state index is -3.64. The first-order valence-electron chi connectivity index (χ1n) is 5.27. The van der Waals surface area contributed by atoms with Crippen molar-refractivity contribution in [3.8, 4) is 0 Å². The van der Waals surface area contributed by atoms with Crippen molar-refractivity contribution in [2.24, 2.45) is 0 Å². The minimum Gasteiger partial charge on any atom is -0.397 e. The second kappa shape index (κ2) is 4.66. The Morgan fingerprint density at radius 3 is 2.33 bits per heavy atom. The third-order valence-electron chi connectivity index (χ3n) is 2.50. The predicted octanol–water partition coefficient (Wildman–Crippen LogP) is 1.49. The second-order valence-corrected chi connectivity index (χ2v) is 5.65. The normalized spacial score (nSPS) is 11.2. The van der Waals surface area contributed by atoms with Gasteiger partial charge in [-0.1, -0.05) is 18.2 Å². The lowest BCUT2D eigenvalue weighted by Crippen LogP contribution is -2.27. The lowest BCUT2D eigenvalue weighted by molar-refractivity contribution is 0.590. The van der Waals surface area contributed by atoms with Crippen molar-refractivity contribution < 1.29 is 8.42 Å². The van der Waals surface area contributed by atoms with Gasteiger partial charge in [-0.2, -0.15) is 8.42 Å². The molecule has 0 saturated carbocycles. The van der Waals surface area contributed by atoms with Gasteiger partial charge >= 0.3 is 0 Å². The van der Waals surface area contributed by atoms with Gasteiger partial charge in [0.1, 0.15) is 0 Å². The van der Waals surface area contributed by atoms with Gasteiger partial charge in [-0.15, -0.1) is 0 Å². The van der Waals surface area contributed by atoms with Gasteiger partial charge in [0.05, 0.1) is 17.6 Å². The van der Waals surface area contributed by atoms with E-state index in [2.05, 4.69) is 4.98 Å². The van der Waals surface area contributed by atoms with Crippen LogP contribution in [0, 0.1) is 0 Å². The lowest BCUT2D eigenvalue weighted by Gasteiger charge is -2.18. The molecule has 5 nitrogen and oxygen atoms in total. The lowest BCUT2D eigenvalue weighted by atomic mass is 10.3. The van der Waals surface area contributed by atoms with Crippen LogP contribution in [0.5, 0.6) is 0 Å². The van der Waals surface area contributed by atoms with Crippen molar-refractivity contribution in [3.05, 3.63) is 48.7 Å². The summed E-state index contributed by atoms with van der Waals surface area (Å²) in [4.78, 5) is 3.84. The van der Waals surface area contributed by atoms with Gasteiger partial charge in [-0.05, 0) is 24.3 Å². The molecule has 0 atom stereocenters. The van der Waals surface area contributed by atoms with E-state index in [1.54, 1.807) is 24.3 Å². The van der Waals surface area contributed by atoms with E-state index in [-0.39, 0.29) is 5.03 Å². The Morgan fingerprint density at radius 1 is 1.11 bits per heavy atom. The van der Waals surface area contributed by atoms with Gasteiger partial charge in [0, 0.05) is 7.05 Å². The van der Waals surface area contributed by atoms with Gasteiger partial charge in [-0.3, -0.25) is 4.31 Å². The number of hydrogen-bond donors (Lipinski definition) is 1. The fourth-order valence-electron chi connectivity index (χ4n) is 1.46. The van der Waals surface area contributed by atoms with Gasteiger partial charge in [0.2, 0.25) is 0 Å². The Hall–Kier alpha value is -2.08. The van der Waals surface area contributed by atoms with E-state index in [4.69, 9.17) is 5.73 Å². The minimum absolute atomic E-state index is 0.0250. The van der Waals surface area contributed by atoms with Crippen LogP contribution >= 0.6 is 0 Å². The molecule has 2 rings (SSSR count). The SMILES string of the molecule is CN(c1ccccc1)S(=O)(=O)c1ccc(N)cn1. The largest absolute Gasteiger partial charge is 0.397 e. The summed E-state index contributed by atoms with van der Waals surface area (Å²) in [5, 5.41) is -0.0250. The topological polar surface area (TPSA) is 76.3 Å². The highest BCUT2D eigenvalue weighted by Gasteiger charge is 2.22. The maximum atomic E-state index is 12.3. The summed E-state index contributed by atoms with van der Waals surface area (Å²) < 4.78 is 25.7. The maximum absolute atomic E-state index is 12.3. The van der Waals surface area contributed by atoms with Crippen LogP contribution in [-0.2, 0) is 10.0 Å². The van der Waals surface area contributed by atoms with Crippen molar-refractivity contribution in [2.45, 2.75) is 5.03 Å². The Kier molecular flexibility index (Phi) is 3.20. The first-order valence-corrected chi connectivity index (χ1v) is 6.71. The molecular formula is C12H13N3O2S. The molecule has 0 radical (unpaired) electrons. The highest BCUT2D eigenvalue weighted by Crippen LogP contribution is 2.20. The van der Waals surface area contributed by atoms with Crippen molar-refractivity contribution in [1.82, 2.24) is 4.98 Å². The predicted molar refractivity (Wildman–Crippen MR) is 70.7 cm³/mol. The number of rotatable bonds is 3.